The summed E-state index contributed by atoms with van der Waals surface area (Å²) >= 11 is 0. The Hall–Kier alpha value is -0.0431. The molecular formula is C9H20Si. The first-order valence-electron chi connectivity index (χ1n) is 4.28. The molecule has 0 N–H and O–H groups in total. The van der Waals surface area contributed by atoms with Crippen molar-refractivity contribution in [1.29, 1.82) is 0 Å². The summed E-state index contributed by atoms with van der Waals surface area (Å²) < 4.78 is 0. The lowest BCUT2D eigenvalue weighted by atomic mass is 10.2. The monoisotopic (exact) mass is 156 g/mol. The fourth-order valence-electron chi connectivity index (χ4n) is 0.933. The molecule has 10 heavy (non-hydrogen) atoms. The van der Waals surface area contributed by atoms with Gasteiger partial charge in [0.2, 0.25) is 0 Å². The highest BCUT2D eigenvalue weighted by atomic mass is 28.3. The molecule has 0 heterocycles. The molecule has 0 fully saturated rings. The number of hydrogen-bond donors (Lipinski definition) is 0. The molecular weight excluding hydrogens is 136 g/mol. The van der Waals surface area contributed by atoms with E-state index in [0.29, 0.717) is 0 Å². The lowest BCUT2D eigenvalue weighted by molar-refractivity contribution is 0.892. The van der Waals surface area contributed by atoms with Crippen LogP contribution in [0.4, 0.5) is 0 Å². The molecule has 60 valence electrons. The molecule has 0 aromatic heterocycles. The summed E-state index contributed by atoms with van der Waals surface area (Å²) in [4.78, 5) is 0. The van der Waals surface area contributed by atoms with E-state index < -0.39 is 0 Å². The Morgan fingerprint density at radius 1 is 1.40 bits per heavy atom. The Balaban J connectivity index is 3.20. The maximum absolute atomic E-state index is 2.42. The van der Waals surface area contributed by atoms with E-state index in [2.05, 4.69) is 33.0 Å². The van der Waals surface area contributed by atoms with Crippen molar-refractivity contribution < 1.29 is 0 Å². The number of allylic oxidation sites excluding steroid dienone is 2. The third-order valence-corrected chi connectivity index (χ3v) is 3.41. The molecule has 1 heteroatoms. The van der Waals surface area contributed by atoms with Crippen LogP contribution in [0.5, 0.6) is 0 Å². The second kappa shape index (κ2) is 5.72. The lowest BCUT2D eigenvalue weighted by Crippen LogP contribution is -1.97. The van der Waals surface area contributed by atoms with Crippen molar-refractivity contribution in [2.45, 2.75) is 45.8 Å². The van der Waals surface area contributed by atoms with Crippen molar-refractivity contribution in [2.75, 3.05) is 0 Å². The van der Waals surface area contributed by atoms with Crippen LogP contribution in [0.25, 0.3) is 0 Å². The van der Waals surface area contributed by atoms with Gasteiger partial charge in [0.1, 0.15) is 0 Å². The Kier molecular flexibility index (Phi) is 5.70. The SMILES string of the molecule is CC=C(C)CCC[SiH](C)C. The zero-order valence-electron chi connectivity index (χ0n) is 7.78. The zero-order chi connectivity index (χ0) is 7.98. The van der Waals surface area contributed by atoms with E-state index >= 15 is 0 Å². The normalized spacial score (nSPS) is 12.7. The van der Waals surface area contributed by atoms with Crippen LogP contribution >= 0.6 is 0 Å². The molecule has 0 aliphatic heterocycles. The summed E-state index contributed by atoms with van der Waals surface area (Å²) in [5.41, 5.74) is 1.55. The van der Waals surface area contributed by atoms with Crippen LogP contribution in [0.2, 0.25) is 19.1 Å². The van der Waals surface area contributed by atoms with Crippen molar-refractivity contribution in [3.05, 3.63) is 11.6 Å². The van der Waals surface area contributed by atoms with Gasteiger partial charge in [0.25, 0.3) is 0 Å². The second-order valence-electron chi connectivity index (χ2n) is 3.42. The van der Waals surface area contributed by atoms with Gasteiger partial charge in [0, 0.05) is 8.80 Å². The van der Waals surface area contributed by atoms with E-state index in [4.69, 9.17) is 0 Å². The van der Waals surface area contributed by atoms with E-state index in [1.807, 2.05) is 0 Å². The minimum absolute atomic E-state index is 0.268. The first-order valence-corrected chi connectivity index (χ1v) is 7.41. The fraction of sp³-hybridized carbons (Fsp3) is 0.778. The van der Waals surface area contributed by atoms with Gasteiger partial charge in [-0.3, -0.25) is 0 Å². The van der Waals surface area contributed by atoms with Crippen molar-refractivity contribution >= 4 is 8.80 Å². The maximum Gasteiger partial charge on any atom is 0.0305 e. The average molecular weight is 156 g/mol. The quantitative estimate of drug-likeness (QED) is 0.433. The molecule has 0 radical (unpaired) electrons. The summed E-state index contributed by atoms with van der Waals surface area (Å²) in [7, 11) is -0.268. The zero-order valence-corrected chi connectivity index (χ0v) is 8.93. The van der Waals surface area contributed by atoms with Crippen LogP contribution in [-0.4, -0.2) is 8.80 Å². The van der Waals surface area contributed by atoms with E-state index in [1.165, 1.54) is 18.9 Å². The molecule has 0 aromatic rings. The van der Waals surface area contributed by atoms with Gasteiger partial charge in [-0.1, -0.05) is 37.2 Å². The highest BCUT2D eigenvalue weighted by Gasteiger charge is 1.94. The Morgan fingerprint density at radius 3 is 2.40 bits per heavy atom. The minimum Gasteiger partial charge on any atom is -0.0887 e. The molecule has 0 aliphatic rings. The maximum atomic E-state index is 2.42. The number of hydrogen-bond acceptors (Lipinski definition) is 0. The van der Waals surface area contributed by atoms with Gasteiger partial charge >= 0.3 is 0 Å². The van der Waals surface area contributed by atoms with Gasteiger partial charge in [-0.25, -0.2) is 0 Å². The Morgan fingerprint density at radius 2 is 2.00 bits per heavy atom. The second-order valence-corrected chi connectivity index (χ2v) is 6.79. The molecule has 0 unspecified atom stereocenters. The molecule has 0 aliphatic carbocycles. The summed E-state index contributed by atoms with van der Waals surface area (Å²) in [6, 6.07) is 1.51. The van der Waals surface area contributed by atoms with E-state index in [0.717, 1.165) is 0 Å². The fourth-order valence-corrected chi connectivity index (χ4v) is 1.95. The topological polar surface area (TPSA) is 0 Å². The molecule has 0 rings (SSSR count). The molecule has 0 spiro atoms. The lowest BCUT2D eigenvalue weighted by Gasteiger charge is -2.02. The highest BCUT2D eigenvalue weighted by molar-refractivity contribution is 6.55. The molecule has 0 saturated heterocycles. The summed E-state index contributed by atoms with van der Waals surface area (Å²) in [6.07, 6.45) is 4.96. The summed E-state index contributed by atoms with van der Waals surface area (Å²) in [5.74, 6) is 0. The van der Waals surface area contributed by atoms with Crippen molar-refractivity contribution in [3.8, 4) is 0 Å². The average Bonchev–Trinajstić information content (AvgIpc) is 1.87. The largest absolute Gasteiger partial charge is 0.0887 e. The van der Waals surface area contributed by atoms with Crippen LogP contribution in [0.3, 0.4) is 0 Å². The predicted molar refractivity (Wildman–Crippen MR) is 52.3 cm³/mol. The van der Waals surface area contributed by atoms with Gasteiger partial charge < -0.3 is 0 Å². The molecule has 0 nitrogen and oxygen atoms in total. The van der Waals surface area contributed by atoms with Gasteiger partial charge in [-0.15, -0.1) is 0 Å². The first kappa shape index (κ1) is 9.96. The Labute approximate surface area is 66.9 Å². The van der Waals surface area contributed by atoms with E-state index in [1.54, 1.807) is 5.57 Å². The van der Waals surface area contributed by atoms with Crippen LogP contribution in [0.1, 0.15) is 26.7 Å². The highest BCUT2D eigenvalue weighted by Crippen LogP contribution is 2.08. The van der Waals surface area contributed by atoms with Gasteiger partial charge in [-0.05, 0) is 20.3 Å². The summed E-state index contributed by atoms with van der Waals surface area (Å²) in [5, 5.41) is 0. The van der Waals surface area contributed by atoms with Gasteiger partial charge in [0.15, 0.2) is 0 Å². The van der Waals surface area contributed by atoms with E-state index in [-0.39, 0.29) is 8.80 Å². The number of rotatable bonds is 4. The molecule has 0 atom stereocenters. The van der Waals surface area contributed by atoms with E-state index in [9.17, 15) is 0 Å². The van der Waals surface area contributed by atoms with Crippen molar-refractivity contribution in [1.82, 2.24) is 0 Å². The van der Waals surface area contributed by atoms with Crippen LogP contribution in [0, 0.1) is 0 Å². The first-order chi connectivity index (χ1) is 4.66. The molecule has 0 amide bonds. The smallest absolute Gasteiger partial charge is 0.0305 e. The summed E-state index contributed by atoms with van der Waals surface area (Å²) in [6.45, 7) is 9.19. The van der Waals surface area contributed by atoms with Crippen LogP contribution in [-0.2, 0) is 0 Å². The van der Waals surface area contributed by atoms with Gasteiger partial charge in [0.05, 0.1) is 0 Å². The van der Waals surface area contributed by atoms with Crippen molar-refractivity contribution in [3.63, 3.8) is 0 Å². The third-order valence-electron chi connectivity index (χ3n) is 1.85. The predicted octanol–water partition coefficient (Wildman–Crippen LogP) is 3.22. The molecule has 0 bridgehead atoms. The third kappa shape index (κ3) is 6.08. The standard InChI is InChI=1S/C9H20Si/c1-5-9(2)7-6-8-10(3)4/h5,10H,6-8H2,1-4H3. The van der Waals surface area contributed by atoms with Crippen LogP contribution in [0.15, 0.2) is 11.6 Å². The van der Waals surface area contributed by atoms with Gasteiger partial charge in [-0.2, -0.15) is 0 Å². The molecule has 0 aromatic carbocycles. The van der Waals surface area contributed by atoms with Crippen molar-refractivity contribution in [2.24, 2.45) is 0 Å². The molecule has 0 saturated carbocycles. The minimum atomic E-state index is -0.268. The van der Waals surface area contributed by atoms with Crippen LogP contribution < -0.4 is 0 Å². The Bertz CT molecular complexity index is 103.